The van der Waals surface area contributed by atoms with E-state index in [2.05, 4.69) is 4.74 Å². The van der Waals surface area contributed by atoms with Gasteiger partial charge in [-0.15, -0.1) is 0 Å². The smallest absolute Gasteiger partial charge is 1.00 e. The maximum Gasteiger partial charge on any atom is 2.00 e. The molecule has 0 aliphatic rings. The fourth-order valence-electron chi connectivity index (χ4n) is 0.189. The van der Waals surface area contributed by atoms with Gasteiger partial charge in [0, 0.05) is 6.92 Å². The van der Waals surface area contributed by atoms with Gasteiger partial charge in [-0.05, 0) is 0 Å². The van der Waals surface area contributed by atoms with Crippen LogP contribution in [0.25, 0.3) is 0 Å². The Hall–Kier alpha value is 1.00. The predicted molar refractivity (Wildman–Crippen MR) is 31.7 cm³/mol. The van der Waals surface area contributed by atoms with E-state index in [1.807, 2.05) is 0 Å². The molecule has 0 aliphatic heterocycles. The molecule has 0 saturated heterocycles. The Morgan fingerprint density at radius 2 is 2.38 bits per heavy atom. The number of carbonyl (C=O) groups excluding carboxylic acids is 1. The van der Waals surface area contributed by atoms with Crippen LogP contribution in [0.5, 0.6) is 0 Å². The molecule has 0 amide bonds. The average molecular weight is 243 g/mol. The molecule has 0 radical (unpaired) electrons. The molecule has 0 heterocycles. The summed E-state index contributed by atoms with van der Waals surface area (Å²) in [5, 5.41) is 8.04. The van der Waals surface area contributed by atoms with Gasteiger partial charge in [0.15, 0.2) is 0 Å². The van der Waals surface area contributed by atoms with Gasteiger partial charge in [-0.2, -0.15) is 0 Å². The molecule has 0 aromatic carbocycles. The maximum atomic E-state index is 9.87. The third kappa shape index (κ3) is 10.1. The van der Waals surface area contributed by atoms with Crippen LogP contribution >= 0.6 is 0 Å². The number of hydrogen-bond donors (Lipinski definition) is 1. The Balaban J connectivity index is -0.0000000600. The van der Waals surface area contributed by atoms with Crippen molar-refractivity contribution in [3.8, 4) is 0 Å². The summed E-state index contributed by atoms with van der Waals surface area (Å²) >= 11 is 0. The number of ether oxygens (including phenoxy) is 1. The van der Waals surface area contributed by atoms with Gasteiger partial charge in [-0.25, -0.2) is 0 Å². The number of hydrogen-bond acceptors (Lipinski definition) is 3. The molecule has 3 nitrogen and oxygen atoms in total. The van der Waals surface area contributed by atoms with Gasteiger partial charge in [0.05, 0.1) is 6.61 Å². The second-order valence-corrected chi connectivity index (χ2v) is 1.06. The predicted octanol–water partition coefficient (Wildman–Crippen LogP) is -0.614. The van der Waals surface area contributed by atoms with E-state index < -0.39 is 0 Å². The van der Waals surface area contributed by atoms with Crippen LogP contribution in [0, 0.1) is 0 Å². The Morgan fingerprint density at radius 3 is 2.50 bits per heavy atom. The zero-order valence-corrected chi connectivity index (χ0v) is 9.33. The molecule has 0 atom stereocenters. The van der Waals surface area contributed by atoms with Gasteiger partial charge in [0.2, 0.25) is 0 Å². The minimum atomic E-state index is -0.353. The van der Waals surface area contributed by atoms with Crippen molar-refractivity contribution in [2.24, 2.45) is 0 Å². The summed E-state index contributed by atoms with van der Waals surface area (Å²) in [6.45, 7) is 1.31. The van der Waals surface area contributed by atoms with Crippen molar-refractivity contribution in [1.82, 2.24) is 0 Å². The van der Waals surface area contributed by atoms with E-state index in [0.29, 0.717) is 0 Å². The van der Waals surface area contributed by atoms with Crippen molar-refractivity contribution in [1.29, 1.82) is 0 Å². The van der Waals surface area contributed by atoms with Crippen molar-refractivity contribution < 1.29 is 17.5 Å². The third-order valence-electron chi connectivity index (χ3n) is 0.397. The summed E-state index contributed by atoms with van der Waals surface area (Å²) in [5.74, 6) is -0.353. The number of aliphatic hydroxyl groups excluding tert-OH is 1. The van der Waals surface area contributed by atoms with Crippen molar-refractivity contribution in [3.63, 3.8) is 0 Å². The van der Waals surface area contributed by atoms with Crippen LogP contribution < -0.4 is 0 Å². The van der Waals surface area contributed by atoms with Crippen LogP contribution in [0.1, 0.15) is 9.78 Å². The normalized spacial score (nSPS) is 7.25. The molecule has 0 rings (SSSR count). The monoisotopic (exact) mass is 244 g/mol. The van der Waals surface area contributed by atoms with E-state index in [-0.39, 0.29) is 70.9 Å². The maximum absolute atomic E-state index is 9.87. The second kappa shape index (κ2) is 8.00. The Labute approximate surface area is 91.4 Å². The summed E-state index contributed by atoms with van der Waals surface area (Å²) < 4.78 is 4.30. The molecule has 1 N–H and O–H groups in total. The molecular formula is C4H10BaO3. The van der Waals surface area contributed by atoms with E-state index in [4.69, 9.17) is 5.11 Å². The first kappa shape index (κ1) is 11.8. The number of aliphatic hydroxyl groups is 1. The summed E-state index contributed by atoms with van der Waals surface area (Å²) in [5.41, 5.74) is 0. The van der Waals surface area contributed by atoms with Crippen molar-refractivity contribution >= 4 is 54.9 Å². The van der Waals surface area contributed by atoms with Gasteiger partial charge >= 0.3 is 54.9 Å². The molecule has 0 unspecified atom stereocenters. The third-order valence-corrected chi connectivity index (χ3v) is 0.397. The van der Waals surface area contributed by atoms with Crippen LogP contribution in [-0.4, -0.2) is 73.2 Å². The second-order valence-electron chi connectivity index (χ2n) is 1.06. The van der Waals surface area contributed by atoms with Crippen LogP contribution in [0.4, 0.5) is 0 Å². The number of carbonyl (C=O) groups is 1. The van der Waals surface area contributed by atoms with Gasteiger partial charge in [-0.1, -0.05) is 0 Å². The van der Waals surface area contributed by atoms with E-state index in [9.17, 15) is 4.79 Å². The molecule has 0 aliphatic carbocycles. The molecule has 46 valence electrons. The molecule has 0 aromatic rings. The van der Waals surface area contributed by atoms with E-state index in [1.54, 1.807) is 0 Å². The Morgan fingerprint density at radius 1 is 1.88 bits per heavy atom. The molecule has 0 aromatic heterocycles. The molecule has 0 spiro atoms. The first-order valence-corrected chi connectivity index (χ1v) is 2.01. The fraction of sp³-hybridized carbons (Fsp3) is 0.750. The van der Waals surface area contributed by atoms with Crippen LogP contribution in [0.3, 0.4) is 0 Å². The summed E-state index contributed by atoms with van der Waals surface area (Å²) in [6, 6.07) is 0. The first-order chi connectivity index (χ1) is 3.27. The summed E-state index contributed by atoms with van der Waals surface area (Å²) in [6.07, 6.45) is 0. The van der Waals surface area contributed by atoms with Gasteiger partial charge in [0.25, 0.3) is 0 Å². The van der Waals surface area contributed by atoms with Gasteiger partial charge in [0.1, 0.15) is 6.61 Å². The number of esters is 1. The van der Waals surface area contributed by atoms with Gasteiger partial charge < -0.3 is 12.7 Å². The molecule has 0 saturated carbocycles. The van der Waals surface area contributed by atoms with Crippen LogP contribution in [0.15, 0.2) is 0 Å². The van der Waals surface area contributed by atoms with E-state index in [1.165, 1.54) is 6.92 Å². The van der Waals surface area contributed by atoms with Crippen molar-refractivity contribution in [2.75, 3.05) is 13.2 Å². The first-order valence-electron chi connectivity index (χ1n) is 2.01. The standard InChI is InChI=1S/C4H8O3.Ba.2H/c1-4(6)7-3-2-5;;;/h5H,2-3H2,1H3;;;/q;+2;2*-1. The SMILES string of the molecule is CC(=O)OCCO.[Ba+2].[H-].[H-]. The average Bonchev–Trinajstić information content (AvgIpc) is 1.61. The Bertz CT molecular complexity index is 71.5. The minimum Gasteiger partial charge on any atom is -1.00 e. The van der Waals surface area contributed by atoms with Crippen LogP contribution in [0.2, 0.25) is 0 Å². The number of rotatable bonds is 2. The topological polar surface area (TPSA) is 46.5 Å². The van der Waals surface area contributed by atoms with E-state index in [0.717, 1.165) is 0 Å². The minimum absolute atomic E-state index is 0. The van der Waals surface area contributed by atoms with Gasteiger partial charge in [-0.3, -0.25) is 4.79 Å². The molecule has 0 bridgehead atoms. The summed E-state index contributed by atoms with van der Waals surface area (Å²) in [7, 11) is 0. The zero-order valence-electron chi connectivity index (χ0n) is 6.89. The summed E-state index contributed by atoms with van der Waals surface area (Å²) in [4.78, 5) is 9.87. The molecule has 0 fully saturated rings. The zero-order chi connectivity index (χ0) is 5.70. The van der Waals surface area contributed by atoms with E-state index >= 15 is 0 Å². The molecule has 8 heavy (non-hydrogen) atoms. The van der Waals surface area contributed by atoms with Crippen molar-refractivity contribution in [2.45, 2.75) is 6.92 Å². The molecular weight excluding hydrogens is 233 g/mol. The molecule has 4 heteroatoms. The van der Waals surface area contributed by atoms with Crippen LogP contribution in [-0.2, 0) is 9.53 Å². The fourth-order valence-corrected chi connectivity index (χ4v) is 0.189. The quantitative estimate of drug-likeness (QED) is 0.520. The Kier molecular flexibility index (Phi) is 11.8. The van der Waals surface area contributed by atoms with Crippen molar-refractivity contribution in [3.05, 3.63) is 0 Å². The largest absolute Gasteiger partial charge is 2.00 e.